The molecule has 1 fully saturated rings. The number of halogens is 1. The summed E-state index contributed by atoms with van der Waals surface area (Å²) < 4.78 is 1.05. The molecule has 1 aliphatic carbocycles. The third-order valence-corrected chi connectivity index (χ3v) is 4.29. The van der Waals surface area contributed by atoms with E-state index in [9.17, 15) is 5.11 Å². The fourth-order valence-electron chi connectivity index (χ4n) is 2.96. The number of amidine groups is 1. The van der Waals surface area contributed by atoms with E-state index >= 15 is 0 Å². The van der Waals surface area contributed by atoms with Crippen molar-refractivity contribution in [3.05, 3.63) is 22.8 Å². The normalized spacial score (nSPS) is 31.4. The van der Waals surface area contributed by atoms with Crippen molar-refractivity contribution in [1.82, 2.24) is 4.90 Å². The largest absolute Gasteiger partial charge is 0.369 e. The number of rotatable bonds is 0. The number of allylic oxidation sites excluding steroid dienone is 2. The van der Waals surface area contributed by atoms with Gasteiger partial charge in [0.25, 0.3) is 0 Å². The van der Waals surface area contributed by atoms with Gasteiger partial charge in [-0.1, -0.05) is 19.3 Å². The molecule has 3 nitrogen and oxygen atoms in total. The van der Waals surface area contributed by atoms with Gasteiger partial charge in [0.1, 0.15) is 5.84 Å². The highest BCUT2D eigenvalue weighted by molar-refractivity contribution is 9.11. The lowest BCUT2D eigenvalue weighted by atomic mass is 9.79. The maximum Gasteiger partial charge on any atom is 0.171 e. The minimum Gasteiger partial charge on any atom is -0.369 e. The van der Waals surface area contributed by atoms with Crippen LogP contribution < -0.4 is 0 Å². The molecular weight excluding hydrogens is 268 g/mol. The first-order valence-corrected chi connectivity index (χ1v) is 6.62. The SMILES string of the molecule is OC1N=C2C=CC(Br)=CN2C12CCCCC2. The third-order valence-electron chi connectivity index (χ3n) is 3.83. The predicted molar refractivity (Wildman–Crippen MR) is 67.2 cm³/mol. The Morgan fingerprint density at radius 2 is 2.06 bits per heavy atom. The van der Waals surface area contributed by atoms with Gasteiger partial charge in [0.15, 0.2) is 6.23 Å². The van der Waals surface area contributed by atoms with Crippen molar-refractivity contribution >= 4 is 21.8 Å². The first kappa shape index (κ1) is 10.5. The van der Waals surface area contributed by atoms with Crippen LogP contribution in [0, 0.1) is 0 Å². The number of hydrogen-bond donors (Lipinski definition) is 1. The molecule has 1 saturated carbocycles. The molecule has 0 aromatic rings. The van der Waals surface area contributed by atoms with Gasteiger partial charge in [-0.3, -0.25) is 0 Å². The number of aliphatic hydroxyl groups is 1. The summed E-state index contributed by atoms with van der Waals surface area (Å²) >= 11 is 3.49. The Morgan fingerprint density at radius 3 is 2.81 bits per heavy atom. The van der Waals surface area contributed by atoms with Gasteiger partial charge in [0.05, 0.1) is 5.54 Å². The molecule has 0 radical (unpaired) electrons. The highest BCUT2D eigenvalue weighted by atomic mass is 79.9. The number of hydrogen-bond acceptors (Lipinski definition) is 3. The summed E-state index contributed by atoms with van der Waals surface area (Å²) in [5.41, 5.74) is -0.169. The van der Waals surface area contributed by atoms with Gasteiger partial charge < -0.3 is 10.0 Å². The van der Waals surface area contributed by atoms with E-state index < -0.39 is 6.23 Å². The van der Waals surface area contributed by atoms with Crippen LogP contribution in [0.3, 0.4) is 0 Å². The molecule has 1 unspecified atom stereocenters. The summed E-state index contributed by atoms with van der Waals surface area (Å²) in [6, 6.07) is 0. The number of fused-ring (bicyclic) bond motifs is 2. The van der Waals surface area contributed by atoms with Gasteiger partial charge in [-0.05, 0) is 40.9 Å². The molecule has 0 bridgehead atoms. The van der Waals surface area contributed by atoms with Crippen LogP contribution in [0.15, 0.2) is 27.8 Å². The monoisotopic (exact) mass is 282 g/mol. The molecule has 0 amide bonds. The molecule has 1 spiro atoms. The van der Waals surface area contributed by atoms with E-state index in [1.807, 2.05) is 12.2 Å². The Labute approximate surface area is 104 Å². The van der Waals surface area contributed by atoms with Gasteiger partial charge in [0, 0.05) is 10.7 Å². The first-order chi connectivity index (χ1) is 7.72. The summed E-state index contributed by atoms with van der Waals surface area (Å²) in [5, 5.41) is 10.2. The number of nitrogens with zero attached hydrogens (tertiary/aromatic N) is 2. The van der Waals surface area contributed by atoms with Crippen molar-refractivity contribution in [3.63, 3.8) is 0 Å². The highest BCUT2D eigenvalue weighted by Gasteiger charge is 2.49. The Balaban J connectivity index is 1.99. The highest BCUT2D eigenvalue weighted by Crippen LogP contribution is 2.42. The maximum atomic E-state index is 10.2. The van der Waals surface area contributed by atoms with Crippen LogP contribution in [-0.2, 0) is 0 Å². The summed E-state index contributed by atoms with van der Waals surface area (Å²) in [7, 11) is 0. The third kappa shape index (κ3) is 1.39. The standard InChI is InChI=1S/C12H15BrN2O/c13-9-4-5-10-14-11(16)12(15(10)8-9)6-2-1-3-7-12/h4-5,8,11,16H,1-3,6-7H2. The second-order valence-corrected chi connectivity index (χ2v) is 5.66. The molecule has 2 aliphatic heterocycles. The van der Waals surface area contributed by atoms with E-state index in [2.05, 4.69) is 32.0 Å². The van der Waals surface area contributed by atoms with Crippen molar-refractivity contribution in [2.75, 3.05) is 0 Å². The summed E-state index contributed by atoms with van der Waals surface area (Å²) in [4.78, 5) is 6.54. The van der Waals surface area contributed by atoms with Crippen LogP contribution in [0.4, 0.5) is 0 Å². The maximum absolute atomic E-state index is 10.2. The van der Waals surface area contributed by atoms with E-state index in [0.29, 0.717) is 0 Å². The zero-order valence-corrected chi connectivity index (χ0v) is 10.7. The smallest absolute Gasteiger partial charge is 0.171 e. The molecule has 4 heteroatoms. The van der Waals surface area contributed by atoms with E-state index in [4.69, 9.17) is 0 Å². The molecule has 0 aromatic heterocycles. The lowest BCUT2D eigenvalue weighted by Gasteiger charge is -2.43. The minimum absolute atomic E-state index is 0.169. The zero-order valence-electron chi connectivity index (χ0n) is 9.06. The average Bonchev–Trinajstić information content (AvgIpc) is 2.55. The fourth-order valence-corrected chi connectivity index (χ4v) is 3.30. The van der Waals surface area contributed by atoms with E-state index in [0.717, 1.165) is 23.2 Å². The zero-order chi connectivity index (χ0) is 11.2. The molecule has 1 atom stereocenters. The Hall–Kier alpha value is -0.610. The molecule has 0 aromatic carbocycles. The number of aliphatic imine (C=N–C) groups is 1. The first-order valence-electron chi connectivity index (χ1n) is 5.83. The summed E-state index contributed by atoms with van der Waals surface area (Å²) in [6.07, 6.45) is 11.1. The van der Waals surface area contributed by atoms with Gasteiger partial charge >= 0.3 is 0 Å². The van der Waals surface area contributed by atoms with E-state index in [1.54, 1.807) is 0 Å². The Morgan fingerprint density at radius 1 is 1.31 bits per heavy atom. The van der Waals surface area contributed by atoms with Crippen LogP contribution in [0.2, 0.25) is 0 Å². The van der Waals surface area contributed by atoms with Crippen LogP contribution in [-0.4, -0.2) is 27.6 Å². The molecular formula is C12H15BrN2O. The van der Waals surface area contributed by atoms with Crippen molar-refractivity contribution in [3.8, 4) is 0 Å². The van der Waals surface area contributed by atoms with Crippen LogP contribution in [0.1, 0.15) is 32.1 Å². The molecule has 2 heterocycles. The summed E-state index contributed by atoms with van der Waals surface area (Å²) in [6.45, 7) is 0. The van der Waals surface area contributed by atoms with Crippen molar-refractivity contribution < 1.29 is 5.11 Å². The second-order valence-electron chi connectivity index (χ2n) is 4.74. The molecule has 3 aliphatic rings. The molecule has 1 N–H and O–H groups in total. The Kier molecular flexibility index (Phi) is 2.44. The van der Waals surface area contributed by atoms with Gasteiger partial charge in [0.2, 0.25) is 0 Å². The molecule has 16 heavy (non-hydrogen) atoms. The number of aliphatic hydroxyl groups excluding tert-OH is 1. The average molecular weight is 283 g/mol. The Bertz CT molecular complexity index is 394. The fraction of sp³-hybridized carbons (Fsp3) is 0.583. The predicted octanol–water partition coefficient (Wildman–Crippen LogP) is 2.53. The lowest BCUT2D eigenvalue weighted by Crippen LogP contribution is -2.52. The van der Waals surface area contributed by atoms with Gasteiger partial charge in [-0.25, -0.2) is 4.99 Å². The van der Waals surface area contributed by atoms with Gasteiger partial charge in [-0.15, -0.1) is 0 Å². The van der Waals surface area contributed by atoms with Crippen LogP contribution in [0.25, 0.3) is 0 Å². The molecule has 3 rings (SSSR count). The lowest BCUT2D eigenvalue weighted by molar-refractivity contribution is 0.0216. The van der Waals surface area contributed by atoms with Crippen molar-refractivity contribution in [1.29, 1.82) is 0 Å². The molecule has 0 saturated heterocycles. The van der Waals surface area contributed by atoms with E-state index in [-0.39, 0.29) is 5.54 Å². The van der Waals surface area contributed by atoms with E-state index in [1.165, 1.54) is 19.3 Å². The van der Waals surface area contributed by atoms with Crippen LogP contribution >= 0.6 is 15.9 Å². The second kappa shape index (κ2) is 3.70. The van der Waals surface area contributed by atoms with Crippen molar-refractivity contribution in [2.24, 2.45) is 4.99 Å². The quantitative estimate of drug-likeness (QED) is 0.741. The van der Waals surface area contributed by atoms with Crippen LogP contribution in [0.5, 0.6) is 0 Å². The minimum atomic E-state index is -0.568. The topological polar surface area (TPSA) is 35.8 Å². The van der Waals surface area contributed by atoms with Crippen molar-refractivity contribution in [2.45, 2.75) is 43.9 Å². The van der Waals surface area contributed by atoms with Gasteiger partial charge in [-0.2, -0.15) is 0 Å². The summed E-state index contributed by atoms with van der Waals surface area (Å²) in [5.74, 6) is 0.901. The molecule has 86 valence electrons.